The summed E-state index contributed by atoms with van der Waals surface area (Å²) in [4.78, 5) is 4.50. The molecule has 0 fully saturated rings. The first-order valence-electron chi connectivity index (χ1n) is 5.70. The van der Waals surface area contributed by atoms with Gasteiger partial charge in [-0.1, -0.05) is 13.8 Å². The maximum atomic E-state index is 5.25. The number of nitrogens with zero attached hydrogens (tertiary/aromatic N) is 3. The third kappa shape index (κ3) is 2.85. The van der Waals surface area contributed by atoms with Crippen molar-refractivity contribution < 1.29 is 4.74 Å². The lowest BCUT2D eigenvalue weighted by atomic mass is 10.2. The third-order valence-corrected chi connectivity index (χ3v) is 3.49. The molecule has 0 radical (unpaired) electrons. The van der Waals surface area contributed by atoms with Crippen LogP contribution in [0.25, 0.3) is 11.5 Å². The summed E-state index contributed by atoms with van der Waals surface area (Å²) in [6.45, 7) is 5.66. The fraction of sp³-hybridized carbons (Fsp3) is 0.545. The van der Waals surface area contributed by atoms with E-state index in [1.165, 1.54) is 0 Å². The Balaban J connectivity index is 2.34. The molecule has 0 amide bonds. The second kappa shape index (κ2) is 5.73. The van der Waals surface area contributed by atoms with Crippen LogP contribution in [0.1, 0.15) is 18.9 Å². The highest BCUT2D eigenvalue weighted by atomic mass is 32.1. The van der Waals surface area contributed by atoms with E-state index in [1.807, 2.05) is 9.95 Å². The Labute approximate surface area is 115 Å². The van der Waals surface area contributed by atoms with Crippen LogP contribution >= 0.6 is 23.6 Å². The molecule has 18 heavy (non-hydrogen) atoms. The molecule has 0 saturated heterocycles. The van der Waals surface area contributed by atoms with E-state index in [1.54, 1.807) is 18.4 Å². The van der Waals surface area contributed by atoms with Crippen molar-refractivity contribution in [2.45, 2.75) is 27.0 Å². The van der Waals surface area contributed by atoms with Crippen molar-refractivity contribution >= 4 is 23.6 Å². The predicted octanol–water partition coefficient (Wildman–Crippen LogP) is 2.87. The molecule has 2 heterocycles. The molecule has 2 aromatic heterocycles. The Morgan fingerprint density at radius 1 is 1.56 bits per heavy atom. The minimum absolute atomic E-state index is 0.505. The smallest absolute Gasteiger partial charge is 0.195 e. The van der Waals surface area contributed by atoms with E-state index in [9.17, 15) is 0 Å². The Hall–Kier alpha value is -1.05. The molecule has 0 bridgehead atoms. The highest BCUT2D eigenvalue weighted by Crippen LogP contribution is 2.21. The summed E-state index contributed by atoms with van der Waals surface area (Å²) in [5, 5.41) is 10.0. The average Bonchev–Trinajstić information content (AvgIpc) is 2.88. The second-order valence-electron chi connectivity index (χ2n) is 4.42. The molecule has 0 saturated carbocycles. The summed E-state index contributed by atoms with van der Waals surface area (Å²) in [5.41, 5.74) is 0.847. The highest BCUT2D eigenvalue weighted by Gasteiger charge is 2.13. The van der Waals surface area contributed by atoms with Crippen molar-refractivity contribution in [1.82, 2.24) is 19.7 Å². The van der Waals surface area contributed by atoms with Crippen LogP contribution in [-0.4, -0.2) is 26.9 Å². The van der Waals surface area contributed by atoms with E-state index in [2.05, 4.69) is 29.0 Å². The van der Waals surface area contributed by atoms with Gasteiger partial charge in [0.25, 0.3) is 0 Å². The third-order valence-electron chi connectivity index (χ3n) is 2.35. The van der Waals surface area contributed by atoms with Crippen LogP contribution in [0.5, 0.6) is 0 Å². The summed E-state index contributed by atoms with van der Waals surface area (Å²) in [5.74, 6) is 1.30. The molecule has 0 aliphatic carbocycles. The summed E-state index contributed by atoms with van der Waals surface area (Å²) < 4.78 is 7.70. The van der Waals surface area contributed by atoms with E-state index >= 15 is 0 Å². The Kier molecular flexibility index (Phi) is 4.26. The zero-order chi connectivity index (χ0) is 13.1. The molecule has 0 aliphatic rings. The van der Waals surface area contributed by atoms with Gasteiger partial charge in [-0.25, -0.2) is 4.98 Å². The number of aromatic nitrogens is 4. The van der Waals surface area contributed by atoms with Gasteiger partial charge in [0.2, 0.25) is 0 Å². The average molecular weight is 284 g/mol. The normalized spacial score (nSPS) is 11.3. The first-order valence-corrected chi connectivity index (χ1v) is 6.99. The van der Waals surface area contributed by atoms with Crippen molar-refractivity contribution in [3.63, 3.8) is 0 Å². The molecule has 2 rings (SSSR count). The maximum Gasteiger partial charge on any atom is 0.195 e. The predicted molar refractivity (Wildman–Crippen MR) is 74.1 cm³/mol. The van der Waals surface area contributed by atoms with Crippen LogP contribution in [0.4, 0.5) is 0 Å². The van der Waals surface area contributed by atoms with E-state index in [4.69, 9.17) is 17.0 Å². The zero-order valence-corrected chi connectivity index (χ0v) is 12.3. The number of nitrogens with one attached hydrogen (secondary N) is 1. The molecule has 2 aromatic rings. The zero-order valence-electron chi connectivity index (χ0n) is 10.6. The van der Waals surface area contributed by atoms with E-state index in [-0.39, 0.29) is 0 Å². The molecule has 0 unspecified atom stereocenters. The fourth-order valence-corrected chi connectivity index (χ4v) is 2.60. The summed E-state index contributed by atoms with van der Waals surface area (Å²) in [7, 11) is 1.66. The van der Waals surface area contributed by atoms with Crippen LogP contribution in [0.2, 0.25) is 0 Å². The van der Waals surface area contributed by atoms with Gasteiger partial charge in [0, 0.05) is 19.0 Å². The van der Waals surface area contributed by atoms with Crippen molar-refractivity contribution in [1.29, 1.82) is 0 Å². The molecular formula is C11H16N4OS2. The van der Waals surface area contributed by atoms with Crippen molar-refractivity contribution in [3.05, 3.63) is 15.2 Å². The van der Waals surface area contributed by atoms with Gasteiger partial charge in [-0.05, 0) is 18.1 Å². The van der Waals surface area contributed by atoms with E-state index in [0.29, 0.717) is 17.3 Å². The number of aromatic amines is 1. The quantitative estimate of drug-likeness (QED) is 0.858. The van der Waals surface area contributed by atoms with Crippen molar-refractivity contribution in [2.75, 3.05) is 7.11 Å². The molecular weight excluding hydrogens is 268 g/mol. The standard InChI is InChI=1S/C11H16N4OS2/c1-7(2)4-15-10(13-14-11(15)17)8-6-18-9(12-8)5-16-3/h6-7H,4-5H2,1-3H3,(H,14,17). The van der Waals surface area contributed by atoms with Gasteiger partial charge >= 0.3 is 0 Å². The maximum absolute atomic E-state index is 5.25. The number of hydrogen-bond acceptors (Lipinski definition) is 5. The van der Waals surface area contributed by atoms with Crippen LogP contribution in [0.15, 0.2) is 5.38 Å². The van der Waals surface area contributed by atoms with Crippen LogP contribution in [-0.2, 0) is 17.9 Å². The lowest BCUT2D eigenvalue weighted by molar-refractivity contribution is 0.184. The largest absolute Gasteiger partial charge is 0.378 e. The Morgan fingerprint density at radius 2 is 2.33 bits per heavy atom. The highest BCUT2D eigenvalue weighted by molar-refractivity contribution is 7.71. The number of hydrogen-bond donors (Lipinski definition) is 1. The van der Waals surface area contributed by atoms with Crippen LogP contribution in [0, 0.1) is 10.7 Å². The number of ether oxygens (including phenoxy) is 1. The van der Waals surface area contributed by atoms with E-state index in [0.717, 1.165) is 23.1 Å². The topological polar surface area (TPSA) is 55.7 Å². The van der Waals surface area contributed by atoms with Gasteiger partial charge in [-0.2, -0.15) is 5.10 Å². The Bertz CT molecular complexity index is 570. The number of H-pyrrole nitrogens is 1. The van der Waals surface area contributed by atoms with Gasteiger partial charge < -0.3 is 4.74 Å². The molecule has 0 spiro atoms. The first kappa shape index (κ1) is 13.4. The lowest BCUT2D eigenvalue weighted by Crippen LogP contribution is -2.06. The van der Waals surface area contributed by atoms with Crippen LogP contribution < -0.4 is 0 Å². The number of thiazole rings is 1. The SMILES string of the molecule is COCc1nc(-c2n[nH]c(=S)n2CC(C)C)cs1. The molecule has 0 aromatic carbocycles. The van der Waals surface area contributed by atoms with Gasteiger partial charge in [0.05, 0.1) is 6.61 Å². The Morgan fingerprint density at radius 3 is 3.00 bits per heavy atom. The van der Waals surface area contributed by atoms with Crippen LogP contribution in [0.3, 0.4) is 0 Å². The molecule has 7 heteroatoms. The fourth-order valence-electron chi connectivity index (χ4n) is 1.65. The molecule has 5 nitrogen and oxygen atoms in total. The van der Waals surface area contributed by atoms with Gasteiger partial charge in [0.1, 0.15) is 10.7 Å². The minimum atomic E-state index is 0.505. The van der Waals surface area contributed by atoms with Crippen molar-refractivity contribution in [3.8, 4) is 11.5 Å². The minimum Gasteiger partial charge on any atom is -0.378 e. The summed E-state index contributed by atoms with van der Waals surface area (Å²) >= 11 is 6.81. The van der Waals surface area contributed by atoms with Crippen molar-refractivity contribution in [2.24, 2.45) is 5.92 Å². The van der Waals surface area contributed by atoms with Gasteiger partial charge in [-0.15, -0.1) is 11.3 Å². The molecule has 0 atom stereocenters. The van der Waals surface area contributed by atoms with Gasteiger partial charge in [0.15, 0.2) is 10.6 Å². The first-order chi connectivity index (χ1) is 8.61. The lowest BCUT2D eigenvalue weighted by Gasteiger charge is -2.07. The molecule has 0 aliphatic heterocycles. The second-order valence-corrected chi connectivity index (χ2v) is 5.75. The van der Waals surface area contributed by atoms with Gasteiger partial charge in [-0.3, -0.25) is 9.67 Å². The number of rotatable bonds is 5. The molecule has 98 valence electrons. The monoisotopic (exact) mass is 284 g/mol. The number of methoxy groups -OCH3 is 1. The summed E-state index contributed by atoms with van der Waals surface area (Å²) in [6, 6.07) is 0. The molecule has 1 N–H and O–H groups in total. The van der Waals surface area contributed by atoms with E-state index < -0.39 is 0 Å². The summed E-state index contributed by atoms with van der Waals surface area (Å²) in [6.07, 6.45) is 0.